The van der Waals surface area contributed by atoms with Crippen molar-refractivity contribution in [3.8, 4) is 11.4 Å². The van der Waals surface area contributed by atoms with Gasteiger partial charge in [-0.1, -0.05) is 42.0 Å². The number of benzene rings is 2. The highest BCUT2D eigenvalue weighted by Gasteiger charge is 2.07. The highest BCUT2D eigenvalue weighted by atomic mass is 16.1. The number of carbonyl (C=O) groups excluding carboxylic acids is 1. The first-order chi connectivity index (χ1) is 10.7. The van der Waals surface area contributed by atoms with Crippen molar-refractivity contribution in [3.63, 3.8) is 0 Å². The van der Waals surface area contributed by atoms with Gasteiger partial charge in [0, 0.05) is 11.3 Å². The van der Waals surface area contributed by atoms with E-state index in [1.165, 1.54) is 0 Å². The van der Waals surface area contributed by atoms with Crippen LogP contribution in [-0.4, -0.2) is 26.5 Å². The molecule has 22 heavy (non-hydrogen) atoms. The van der Waals surface area contributed by atoms with Crippen molar-refractivity contribution < 1.29 is 4.79 Å². The molecule has 0 saturated heterocycles. The Hall–Kier alpha value is -3.02. The summed E-state index contributed by atoms with van der Waals surface area (Å²) in [7, 11) is 0. The molecule has 0 spiro atoms. The smallest absolute Gasteiger partial charge is 0.228 e. The quantitative estimate of drug-likeness (QED) is 0.773. The maximum absolute atomic E-state index is 12.1. The van der Waals surface area contributed by atoms with Crippen LogP contribution < -0.4 is 5.32 Å². The molecule has 0 unspecified atom stereocenters. The molecule has 0 aliphatic carbocycles. The highest BCUT2D eigenvalue weighted by molar-refractivity contribution is 5.92. The fourth-order valence-corrected chi connectivity index (χ4v) is 2.23. The van der Waals surface area contributed by atoms with Gasteiger partial charge in [-0.2, -0.15) is 5.21 Å². The number of hydrogen-bond acceptors (Lipinski definition) is 4. The molecule has 1 aromatic heterocycles. The number of rotatable bonds is 4. The van der Waals surface area contributed by atoms with Crippen LogP contribution in [0, 0.1) is 6.92 Å². The molecule has 0 aliphatic rings. The number of tetrazole rings is 1. The number of nitrogens with one attached hydrogen (secondary N) is 2. The van der Waals surface area contributed by atoms with Gasteiger partial charge in [-0.05, 0) is 29.8 Å². The third kappa shape index (κ3) is 3.35. The lowest BCUT2D eigenvalue weighted by Gasteiger charge is -2.07. The first-order valence-electron chi connectivity index (χ1n) is 6.90. The second-order valence-electron chi connectivity index (χ2n) is 5.03. The predicted octanol–water partition coefficient (Wildman–Crippen LogP) is 2.36. The maximum atomic E-state index is 12.1. The number of hydrogen-bond donors (Lipinski definition) is 2. The predicted molar refractivity (Wildman–Crippen MR) is 83.1 cm³/mol. The Morgan fingerprint density at radius 3 is 2.82 bits per heavy atom. The Kier molecular flexibility index (Phi) is 3.91. The van der Waals surface area contributed by atoms with E-state index >= 15 is 0 Å². The lowest BCUT2D eigenvalue weighted by Crippen LogP contribution is -2.14. The van der Waals surface area contributed by atoms with E-state index < -0.39 is 0 Å². The number of nitrogens with zero attached hydrogens (tertiary/aromatic N) is 3. The molecule has 1 amide bonds. The highest BCUT2D eigenvalue weighted by Crippen LogP contribution is 2.18. The molecular weight excluding hydrogens is 278 g/mol. The van der Waals surface area contributed by atoms with E-state index in [0.29, 0.717) is 17.9 Å². The molecule has 6 heteroatoms. The third-order valence-electron chi connectivity index (χ3n) is 3.20. The summed E-state index contributed by atoms with van der Waals surface area (Å²) in [5.74, 6) is 0.436. The summed E-state index contributed by atoms with van der Waals surface area (Å²) in [6, 6.07) is 15.3. The van der Waals surface area contributed by atoms with E-state index in [1.54, 1.807) is 0 Å². The summed E-state index contributed by atoms with van der Waals surface area (Å²) in [5.41, 5.74) is 3.64. The molecule has 3 rings (SSSR count). The molecule has 2 aromatic carbocycles. The van der Waals surface area contributed by atoms with Crippen LogP contribution in [0.15, 0.2) is 48.5 Å². The van der Waals surface area contributed by atoms with Gasteiger partial charge in [0.2, 0.25) is 11.7 Å². The average Bonchev–Trinajstić information content (AvgIpc) is 3.01. The average molecular weight is 293 g/mol. The molecule has 2 N–H and O–H groups in total. The zero-order valence-corrected chi connectivity index (χ0v) is 12.1. The minimum atomic E-state index is -0.0594. The number of amides is 1. The molecule has 110 valence electrons. The molecule has 1 heterocycles. The summed E-state index contributed by atoms with van der Waals surface area (Å²) in [6.45, 7) is 2.01. The van der Waals surface area contributed by atoms with Gasteiger partial charge in [0.25, 0.3) is 0 Å². The topological polar surface area (TPSA) is 83.6 Å². The molecule has 0 radical (unpaired) electrons. The lowest BCUT2D eigenvalue weighted by molar-refractivity contribution is -0.115. The van der Waals surface area contributed by atoms with Crippen molar-refractivity contribution in [2.24, 2.45) is 0 Å². The van der Waals surface area contributed by atoms with E-state index in [0.717, 1.165) is 16.7 Å². The second-order valence-corrected chi connectivity index (χ2v) is 5.03. The number of aromatic nitrogens is 4. The van der Waals surface area contributed by atoms with Gasteiger partial charge in [0.05, 0.1) is 6.42 Å². The van der Waals surface area contributed by atoms with Crippen molar-refractivity contribution >= 4 is 11.6 Å². The molecule has 6 nitrogen and oxygen atoms in total. The van der Waals surface area contributed by atoms with E-state index in [1.807, 2.05) is 55.5 Å². The Bertz CT molecular complexity index is 783. The summed E-state index contributed by atoms with van der Waals surface area (Å²) in [4.78, 5) is 12.1. The summed E-state index contributed by atoms with van der Waals surface area (Å²) in [6.07, 6.45) is 0.341. The molecular formula is C16H15N5O. The van der Waals surface area contributed by atoms with Crippen molar-refractivity contribution in [2.45, 2.75) is 13.3 Å². The lowest BCUT2D eigenvalue weighted by atomic mass is 10.1. The molecule has 0 atom stereocenters. The van der Waals surface area contributed by atoms with Crippen LogP contribution in [0.5, 0.6) is 0 Å². The minimum Gasteiger partial charge on any atom is -0.326 e. The number of anilines is 1. The van der Waals surface area contributed by atoms with Crippen molar-refractivity contribution in [1.82, 2.24) is 20.6 Å². The SMILES string of the molecule is Cc1cccc(CC(=O)Nc2cccc(-c3nn[nH]n3)c2)c1. The number of H-pyrrole nitrogens is 1. The minimum absolute atomic E-state index is 0.0594. The molecule has 3 aromatic rings. The Balaban J connectivity index is 1.70. The summed E-state index contributed by atoms with van der Waals surface area (Å²) < 4.78 is 0. The molecule has 0 bridgehead atoms. The van der Waals surface area contributed by atoms with Gasteiger partial charge < -0.3 is 5.32 Å². The van der Waals surface area contributed by atoms with Crippen LogP contribution in [-0.2, 0) is 11.2 Å². The number of aryl methyl sites for hydroxylation is 1. The third-order valence-corrected chi connectivity index (χ3v) is 3.20. The Morgan fingerprint density at radius 1 is 1.18 bits per heavy atom. The molecule has 0 aliphatic heterocycles. The van der Waals surface area contributed by atoms with Gasteiger partial charge in [0.15, 0.2) is 0 Å². The number of carbonyl (C=O) groups is 1. The normalized spacial score (nSPS) is 10.4. The maximum Gasteiger partial charge on any atom is 0.228 e. The van der Waals surface area contributed by atoms with Gasteiger partial charge in [-0.15, -0.1) is 10.2 Å². The molecule has 0 fully saturated rings. The summed E-state index contributed by atoms with van der Waals surface area (Å²) >= 11 is 0. The van der Waals surface area contributed by atoms with Crippen LogP contribution >= 0.6 is 0 Å². The monoisotopic (exact) mass is 293 g/mol. The van der Waals surface area contributed by atoms with Crippen molar-refractivity contribution in [2.75, 3.05) is 5.32 Å². The fourth-order valence-electron chi connectivity index (χ4n) is 2.23. The van der Waals surface area contributed by atoms with Crippen LogP contribution in [0.25, 0.3) is 11.4 Å². The van der Waals surface area contributed by atoms with Gasteiger partial charge in [-0.25, -0.2) is 0 Å². The second kappa shape index (κ2) is 6.17. The van der Waals surface area contributed by atoms with E-state index in [-0.39, 0.29) is 5.91 Å². The largest absolute Gasteiger partial charge is 0.326 e. The van der Waals surface area contributed by atoms with E-state index in [4.69, 9.17) is 0 Å². The number of aromatic amines is 1. The first-order valence-corrected chi connectivity index (χ1v) is 6.90. The summed E-state index contributed by atoms with van der Waals surface area (Å²) in [5, 5.41) is 16.7. The van der Waals surface area contributed by atoms with Crippen LogP contribution in [0.3, 0.4) is 0 Å². The van der Waals surface area contributed by atoms with Gasteiger partial charge in [-0.3, -0.25) is 4.79 Å². The van der Waals surface area contributed by atoms with Gasteiger partial charge >= 0.3 is 0 Å². The van der Waals surface area contributed by atoms with Gasteiger partial charge in [0.1, 0.15) is 0 Å². The van der Waals surface area contributed by atoms with E-state index in [2.05, 4.69) is 25.9 Å². The van der Waals surface area contributed by atoms with Crippen LogP contribution in [0.2, 0.25) is 0 Å². The standard InChI is InChI=1S/C16H15N5O/c1-11-4-2-5-12(8-11)9-15(22)17-14-7-3-6-13(10-14)16-18-20-21-19-16/h2-8,10H,9H2,1H3,(H,17,22)(H,18,19,20,21). The zero-order valence-electron chi connectivity index (χ0n) is 12.1. The van der Waals surface area contributed by atoms with Crippen LogP contribution in [0.1, 0.15) is 11.1 Å². The zero-order chi connectivity index (χ0) is 15.4. The van der Waals surface area contributed by atoms with Crippen LogP contribution in [0.4, 0.5) is 5.69 Å². The van der Waals surface area contributed by atoms with Crippen molar-refractivity contribution in [1.29, 1.82) is 0 Å². The first kappa shape index (κ1) is 13.9. The molecule has 0 saturated carbocycles. The van der Waals surface area contributed by atoms with E-state index in [9.17, 15) is 4.79 Å². The Labute approximate surface area is 127 Å². The Morgan fingerprint density at radius 2 is 2.05 bits per heavy atom. The van der Waals surface area contributed by atoms with Crippen molar-refractivity contribution in [3.05, 3.63) is 59.7 Å². The fraction of sp³-hybridized carbons (Fsp3) is 0.125.